The molecule has 0 saturated carbocycles. The first-order chi connectivity index (χ1) is 15.8. The van der Waals surface area contributed by atoms with Crippen LogP contribution in [-0.2, 0) is 21.5 Å². The summed E-state index contributed by atoms with van der Waals surface area (Å²) in [4.78, 5) is 31.9. The molecule has 1 N–H and O–H groups in total. The van der Waals surface area contributed by atoms with E-state index in [0.29, 0.717) is 23.5 Å². The number of nitrogens with zero attached hydrogens (tertiary/aromatic N) is 3. The molecule has 0 radical (unpaired) electrons. The van der Waals surface area contributed by atoms with Crippen LogP contribution in [0.3, 0.4) is 0 Å². The number of hydrazone groups is 1. The van der Waals surface area contributed by atoms with Crippen molar-refractivity contribution >= 4 is 28.9 Å². The number of benzene rings is 2. The van der Waals surface area contributed by atoms with Crippen molar-refractivity contribution in [2.24, 2.45) is 5.10 Å². The van der Waals surface area contributed by atoms with Crippen molar-refractivity contribution in [3.63, 3.8) is 0 Å². The number of methoxy groups -OCH3 is 2. The van der Waals surface area contributed by atoms with Crippen LogP contribution in [0.25, 0.3) is 10.9 Å². The highest BCUT2D eigenvalue weighted by molar-refractivity contribution is 5.98. The number of carbonyl (C=O) groups is 2. The Morgan fingerprint density at radius 2 is 1.91 bits per heavy atom. The van der Waals surface area contributed by atoms with Crippen LogP contribution in [0.5, 0.6) is 11.5 Å². The van der Waals surface area contributed by atoms with Crippen molar-refractivity contribution in [1.29, 1.82) is 0 Å². The molecule has 0 spiro atoms. The summed E-state index contributed by atoms with van der Waals surface area (Å²) < 4.78 is 10.6. The van der Waals surface area contributed by atoms with Crippen LogP contribution in [0.2, 0.25) is 0 Å². The minimum absolute atomic E-state index is 0.108. The smallest absolute Gasteiger partial charge is 0.266 e. The number of carbonyl (C=O) groups excluding carboxylic acids is 2. The van der Waals surface area contributed by atoms with E-state index in [9.17, 15) is 9.59 Å². The highest BCUT2D eigenvalue weighted by atomic mass is 16.5. The van der Waals surface area contributed by atoms with E-state index >= 15 is 0 Å². The zero-order chi connectivity index (χ0) is 23.3. The number of rotatable bonds is 4. The molecule has 2 amide bonds. The lowest BCUT2D eigenvalue weighted by molar-refractivity contribution is -0.163. The van der Waals surface area contributed by atoms with Crippen LogP contribution >= 0.6 is 0 Å². The fourth-order valence-corrected chi connectivity index (χ4v) is 5.02. The van der Waals surface area contributed by atoms with Crippen LogP contribution in [0.15, 0.2) is 47.6 Å². The van der Waals surface area contributed by atoms with E-state index in [1.54, 1.807) is 43.5 Å². The van der Waals surface area contributed by atoms with Gasteiger partial charge >= 0.3 is 0 Å². The van der Waals surface area contributed by atoms with Crippen LogP contribution in [0.1, 0.15) is 30.7 Å². The Hall–Kier alpha value is -3.81. The number of hydrogen-bond acceptors (Lipinski definition) is 5. The van der Waals surface area contributed by atoms with Crippen molar-refractivity contribution in [1.82, 2.24) is 14.9 Å². The second-order valence-corrected chi connectivity index (χ2v) is 8.82. The lowest BCUT2D eigenvalue weighted by atomic mass is 9.82. The molecule has 170 valence electrons. The van der Waals surface area contributed by atoms with Gasteiger partial charge in [0.25, 0.3) is 5.91 Å². The first-order valence-corrected chi connectivity index (χ1v) is 10.8. The third-order valence-corrected chi connectivity index (χ3v) is 6.61. The summed E-state index contributed by atoms with van der Waals surface area (Å²) in [7, 11) is 3.14. The third kappa shape index (κ3) is 3.25. The lowest BCUT2D eigenvalue weighted by Crippen LogP contribution is -2.66. The van der Waals surface area contributed by atoms with Gasteiger partial charge < -0.3 is 19.4 Å². The summed E-state index contributed by atoms with van der Waals surface area (Å²) in [5, 5.41) is 6.73. The van der Waals surface area contributed by atoms with Gasteiger partial charge in [-0.2, -0.15) is 5.10 Å². The molecule has 8 heteroatoms. The average molecular weight is 447 g/mol. The van der Waals surface area contributed by atoms with Gasteiger partial charge in [-0.25, -0.2) is 5.01 Å². The molecule has 1 fully saturated rings. The highest BCUT2D eigenvalue weighted by Gasteiger charge is 2.51. The molecule has 2 aliphatic rings. The summed E-state index contributed by atoms with van der Waals surface area (Å²) in [5.74, 6) is 0.899. The molecule has 2 aliphatic heterocycles. The molecular weight excluding hydrogens is 420 g/mol. The van der Waals surface area contributed by atoms with E-state index in [2.05, 4.69) is 16.2 Å². The summed E-state index contributed by atoms with van der Waals surface area (Å²) in [5.41, 5.74) is 3.13. The van der Waals surface area contributed by atoms with Crippen LogP contribution < -0.4 is 9.47 Å². The molecule has 3 aromatic rings. The molecule has 0 aliphatic carbocycles. The number of hydrogen-bond donors (Lipinski definition) is 1. The molecule has 1 atom stereocenters. The minimum atomic E-state index is -0.640. The second-order valence-electron chi connectivity index (χ2n) is 8.82. The molecule has 8 nitrogen and oxygen atoms in total. The Labute approximate surface area is 191 Å². The Bertz CT molecular complexity index is 1290. The number of ether oxygens (including phenoxy) is 2. The minimum Gasteiger partial charge on any atom is -0.497 e. The number of fused-ring (bicyclic) bond motifs is 4. The number of aromatic nitrogens is 1. The highest BCUT2D eigenvalue weighted by Crippen LogP contribution is 2.42. The quantitative estimate of drug-likeness (QED) is 0.624. The topological polar surface area (TPSA) is 87.2 Å². The van der Waals surface area contributed by atoms with Gasteiger partial charge in [-0.3, -0.25) is 9.59 Å². The number of nitrogens with one attached hydrogen (secondary N) is 1. The maximum atomic E-state index is 13.5. The maximum absolute atomic E-state index is 13.5. The van der Waals surface area contributed by atoms with E-state index in [-0.39, 0.29) is 18.4 Å². The molecule has 3 heterocycles. The fourth-order valence-electron chi connectivity index (χ4n) is 5.02. The van der Waals surface area contributed by atoms with Crippen LogP contribution in [0, 0.1) is 0 Å². The average Bonchev–Trinajstić information content (AvgIpc) is 3.20. The number of para-hydroxylation sites is 1. The predicted molar refractivity (Wildman–Crippen MR) is 125 cm³/mol. The third-order valence-electron chi connectivity index (χ3n) is 6.61. The molecular formula is C25H26N4O4. The standard InChI is InChI=1S/C25H26N4O4/c1-25(2)23-18(17-7-5-6-8-19(17)27-23)12-20-24(31)28(14-22(30)29(20)25)26-13-15-9-10-16(32-3)11-21(15)33-4/h5-11,13,20,27H,12,14H2,1-4H3/t20-/m0/s1. The lowest BCUT2D eigenvalue weighted by Gasteiger charge is -2.50. The number of aromatic amines is 1. The van der Waals surface area contributed by atoms with Gasteiger partial charge in [0, 0.05) is 34.6 Å². The Morgan fingerprint density at radius 3 is 2.67 bits per heavy atom. The summed E-state index contributed by atoms with van der Waals surface area (Å²) in [6.07, 6.45) is 2.00. The van der Waals surface area contributed by atoms with E-state index in [0.717, 1.165) is 22.2 Å². The summed E-state index contributed by atoms with van der Waals surface area (Å²) in [6.45, 7) is 3.86. The number of piperazine rings is 1. The van der Waals surface area contributed by atoms with Gasteiger partial charge in [-0.1, -0.05) is 18.2 Å². The monoisotopic (exact) mass is 446 g/mol. The predicted octanol–water partition coefficient (Wildman–Crippen LogP) is 3.05. The molecule has 1 aromatic heterocycles. The van der Waals surface area contributed by atoms with E-state index in [1.165, 1.54) is 5.01 Å². The summed E-state index contributed by atoms with van der Waals surface area (Å²) >= 11 is 0. The largest absolute Gasteiger partial charge is 0.497 e. The molecule has 1 saturated heterocycles. The van der Waals surface area contributed by atoms with Crippen molar-refractivity contribution in [2.45, 2.75) is 31.8 Å². The van der Waals surface area contributed by atoms with Crippen molar-refractivity contribution in [3.8, 4) is 11.5 Å². The first-order valence-electron chi connectivity index (χ1n) is 10.8. The van der Waals surface area contributed by atoms with Gasteiger partial charge in [-0.15, -0.1) is 0 Å². The van der Waals surface area contributed by atoms with Gasteiger partial charge in [0.2, 0.25) is 5.91 Å². The van der Waals surface area contributed by atoms with Crippen LogP contribution in [-0.4, -0.2) is 59.7 Å². The Balaban J connectivity index is 1.49. The molecule has 0 bridgehead atoms. The molecule has 5 rings (SSSR count). The van der Waals surface area contributed by atoms with Crippen molar-refractivity contribution < 1.29 is 19.1 Å². The van der Waals surface area contributed by atoms with Gasteiger partial charge in [0.15, 0.2) is 0 Å². The molecule has 2 aromatic carbocycles. The van der Waals surface area contributed by atoms with E-state index in [4.69, 9.17) is 9.47 Å². The van der Waals surface area contributed by atoms with Crippen molar-refractivity contribution in [2.75, 3.05) is 20.8 Å². The second kappa shape index (κ2) is 7.65. The first kappa shape index (κ1) is 21.1. The molecule has 33 heavy (non-hydrogen) atoms. The SMILES string of the molecule is COc1ccc(C=NN2CC(=O)N3[C@@H](Cc4c([nH]c5ccccc45)C3(C)C)C2=O)c(OC)c1. The van der Waals surface area contributed by atoms with Crippen LogP contribution in [0.4, 0.5) is 0 Å². The number of H-pyrrole nitrogens is 1. The fraction of sp³-hybridized carbons (Fsp3) is 0.320. The number of amides is 2. The van der Waals surface area contributed by atoms with Crippen molar-refractivity contribution in [3.05, 3.63) is 59.3 Å². The van der Waals surface area contributed by atoms with Gasteiger partial charge in [-0.05, 0) is 37.6 Å². The zero-order valence-corrected chi connectivity index (χ0v) is 19.1. The van der Waals surface area contributed by atoms with Gasteiger partial charge in [0.05, 0.1) is 26.0 Å². The normalized spacial score (nSPS) is 19.7. The summed E-state index contributed by atoms with van der Waals surface area (Å²) in [6, 6.07) is 12.8. The maximum Gasteiger partial charge on any atom is 0.266 e. The molecule has 0 unspecified atom stereocenters. The Morgan fingerprint density at radius 1 is 1.12 bits per heavy atom. The Kier molecular flexibility index (Phi) is 4.88. The van der Waals surface area contributed by atoms with E-state index in [1.807, 2.05) is 32.0 Å². The zero-order valence-electron chi connectivity index (χ0n) is 19.1. The van der Waals surface area contributed by atoms with E-state index < -0.39 is 11.6 Å². The van der Waals surface area contributed by atoms with Gasteiger partial charge in [0.1, 0.15) is 24.1 Å².